The summed E-state index contributed by atoms with van der Waals surface area (Å²) in [4.78, 5) is 35.1. The van der Waals surface area contributed by atoms with Gasteiger partial charge in [-0.25, -0.2) is 0 Å². The summed E-state index contributed by atoms with van der Waals surface area (Å²) in [6, 6.07) is 4.68. The number of rotatable bonds is 3. The number of carbonyl (C=O) groups excluding carboxylic acids is 3. The number of fused-ring (bicyclic) bond motifs is 1. The van der Waals surface area contributed by atoms with E-state index in [2.05, 4.69) is 10.6 Å². The minimum absolute atomic E-state index is 0.163. The van der Waals surface area contributed by atoms with Crippen LogP contribution in [-0.2, 0) is 4.79 Å². The highest BCUT2D eigenvalue weighted by molar-refractivity contribution is 6.22. The molecule has 6 heteroatoms. The number of nitrogens with one attached hydrogen (secondary N) is 2. The molecule has 0 bridgehead atoms. The second kappa shape index (κ2) is 4.96. The molecule has 4 N–H and O–H groups in total. The van der Waals surface area contributed by atoms with E-state index in [9.17, 15) is 14.4 Å². The van der Waals surface area contributed by atoms with E-state index in [0.717, 1.165) is 25.7 Å². The van der Waals surface area contributed by atoms with E-state index in [1.807, 2.05) is 0 Å². The lowest BCUT2D eigenvalue weighted by Gasteiger charge is -2.22. The number of nitrogens with two attached hydrogens (primary N) is 1. The van der Waals surface area contributed by atoms with Crippen LogP contribution in [0.15, 0.2) is 18.2 Å². The molecule has 6 nitrogen and oxygen atoms in total. The number of imide groups is 1. The van der Waals surface area contributed by atoms with Crippen molar-refractivity contribution in [2.75, 3.05) is 5.32 Å². The van der Waals surface area contributed by atoms with Gasteiger partial charge in [0, 0.05) is 17.6 Å². The molecule has 110 valence electrons. The van der Waals surface area contributed by atoms with E-state index >= 15 is 0 Å². The highest BCUT2D eigenvalue weighted by Crippen LogP contribution is 2.30. The molecule has 1 saturated carbocycles. The maximum atomic E-state index is 12.1. The first-order chi connectivity index (χ1) is 9.97. The Balaban J connectivity index is 1.71. The molecule has 1 aliphatic carbocycles. The molecular weight excluding hydrogens is 270 g/mol. The van der Waals surface area contributed by atoms with Gasteiger partial charge in [-0.05, 0) is 31.0 Å². The molecule has 0 spiro atoms. The van der Waals surface area contributed by atoms with E-state index < -0.39 is 17.4 Å². The number of benzene rings is 1. The standard InChI is InChI=1S/C15H17N3O3/c16-15(5-1-2-6-15)8-12(19)17-9-3-4-10-11(7-9)14(21)18-13(10)20/h3-4,7H,1-2,5-6,8,16H2,(H,17,19)(H,18,20,21). The zero-order valence-electron chi connectivity index (χ0n) is 11.6. The summed E-state index contributed by atoms with van der Waals surface area (Å²) in [5.74, 6) is -0.999. The van der Waals surface area contributed by atoms with Crippen molar-refractivity contribution >= 4 is 23.4 Å². The van der Waals surface area contributed by atoms with E-state index in [-0.39, 0.29) is 12.3 Å². The van der Waals surface area contributed by atoms with Gasteiger partial charge in [-0.2, -0.15) is 0 Å². The lowest BCUT2D eigenvalue weighted by molar-refractivity contribution is -0.117. The Morgan fingerprint density at radius 2 is 1.86 bits per heavy atom. The largest absolute Gasteiger partial charge is 0.326 e. The van der Waals surface area contributed by atoms with Crippen LogP contribution in [0.1, 0.15) is 52.8 Å². The molecule has 3 amide bonds. The molecular formula is C15H17N3O3. The summed E-state index contributed by atoms with van der Waals surface area (Å²) in [6.45, 7) is 0. The Labute approximate surface area is 122 Å². The average molecular weight is 287 g/mol. The number of hydrogen-bond acceptors (Lipinski definition) is 4. The van der Waals surface area contributed by atoms with Gasteiger partial charge < -0.3 is 11.1 Å². The van der Waals surface area contributed by atoms with E-state index in [0.29, 0.717) is 16.8 Å². The molecule has 1 aromatic carbocycles. The third-order valence-electron chi connectivity index (χ3n) is 4.13. The Kier molecular flexibility index (Phi) is 3.25. The number of carbonyl (C=O) groups is 3. The van der Waals surface area contributed by atoms with Gasteiger partial charge in [0.05, 0.1) is 11.1 Å². The zero-order valence-corrected chi connectivity index (χ0v) is 11.6. The van der Waals surface area contributed by atoms with Crippen LogP contribution in [0.2, 0.25) is 0 Å². The summed E-state index contributed by atoms with van der Waals surface area (Å²) >= 11 is 0. The lowest BCUT2D eigenvalue weighted by atomic mass is 9.94. The topological polar surface area (TPSA) is 101 Å². The van der Waals surface area contributed by atoms with Crippen LogP contribution >= 0.6 is 0 Å². The van der Waals surface area contributed by atoms with Crippen LogP contribution in [0.5, 0.6) is 0 Å². The Hall–Kier alpha value is -2.21. The minimum atomic E-state index is -0.433. The molecule has 3 rings (SSSR count). The second-order valence-corrected chi connectivity index (χ2v) is 5.84. The molecule has 0 saturated heterocycles. The SMILES string of the molecule is NC1(CC(=O)Nc2ccc3c(c2)C(=O)NC3=O)CCCC1. The fourth-order valence-corrected chi connectivity index (χ4v) is 3.03. The van der Waals surface area contributed by atoms with Crippen LogP contribution < -0.4 is 16.4 Å². The highest BCUT2D eigenvalue weighted by atomic mass is 16.2. The minimum Gasteiger partial charge on any atom is -0.326 e. The van der Waals surface area contributed by atoms with Crippen LogP contribution in [0.25, 0.3) is 0 Å². The van der Waals surface area contributed by atoms with Crippen molar-refractivity contribution < 1.29 is 14.4 Å². The van der Waals surface area contributed by atoms with E-state index in [1.165, 1.54) is 6.07 Å². The Morgan fingerprint density at radius 3 is 2.57 bits per heavy atom. The molecule has 0 atom stereocenters. The quantitative estimate of drug-likeness (QED) is 0.726. The van der Waals surface area contributed by atoms with Gasteiger partial charge in [0.25, 0.3) is 11.8 Å². The van der Waals surface area contributed by atoms with Gasteiger partial charge in [0.2, 0.25) is 5.91 Å². The van der Waals surface area contributed by atoms with Crippen molar-refractivity contribution in [3.05, 3.63) is 29.3 Å². The normalized spacial score (nSPS) is 19.3. The van der Waals surface area contributed by atoms with Gasteiger partial charge in [0.15, 0.2) is 0 Å². The second-order valence-electron chi connectivity index (χ2n) is 5.84. The molecule has 0 aromatic heterocycles. The molecule has 2 aliphatic rings. The molecule has 0 radical (unpaired) electrons. The monoisotopic (exact) mass is 287 g/mol. The Morgan fingerprint density at radius 1 is 1.19 bits per heavy atom. The number of hydrogen-bond donors (Lipinski definition) is 3. The zero-order chi connectivity index (χ0) is 15.0. The molecule has 1 heterocycles. The van der Waals surface area contributed by atoms with Gasteiger partial charge >= 0.3 is 0 Å². The first-order valence-corrected chi connectivity index (χ1v) is 7.05. The third kappa shape index (κ3) is 2.67. The number of anilines is 1. The summed E-state index contributed by atoms with van der Waals surface area (Å²) in [5, 5.41) is 4.97. The Bertz CT molecular complexity index is 633. The van der Waals surface area contributed by atoms with Crippen molar-refractivity contribution in [2.45, 2.75) is 37.6 Å². The predicted molar refractivity (Wildman–Crippen MR) is 76.9 cm³/mol. The molecule has 21 heavy (non-hydrogen) atoms. The smallest absolute Gasteiger partial charge is 0.259 e. The first kappa shape index (κ1) is 13.8. The maximum Gasteiger partial charge on any atom is 0.259 e. The molecule has 1 fully saturated rings. The molecule has 1 aromatic rings. The van der Waals surface area contributed by atoms with Crippen molar-refractivity contribution in [3.8, 4) is 0 Å². The van der Waals surface area contributed by atoms with Gasteiger partial charge in [-0.1, -0.05) is 12.8 Å². The predicted octanol–water partition coefficient (Wildman–Crippen LogP) is 1.17. The summed E-state index contributed by atoms with van der Waals surface area (Å²) in [7, 11) is 0. The molecule has 1 aliphatic heterocycles. The van der Waals surface area contributed by atoms with Crippen LogP contribution in [0.4, 0.5) is 5.69 Å². The number of amides is 3. The van der Waals surface area contributed by atoms with Gasteiger partial charge in [-0.15, -0.1) is 0 Å². The van der Waals surface area contributed by atoms with Crippen LogP contribution in [0, 0.1) is 0 Å². The molecule has 0 unspecified atom stereocenters. The van der Waals surface area contributed by atoms with E-state index in [1.54, 1.807) is 12.1 Å². The summed E-state index contributed by atoms with van der Waals surface area (Å²) in [5.41, 5.74) is 6.90. The fourth-order valence-electron chi connectivity index (χ4n) is 3.03. The fraction of sp³-hybridized carbons (Fsp3) is 0.400. The first-order valence-electron chi connectivity index (χ1n) is 7.05. The average Bonchev–Trinajstić information content (AvgIpc) is 2.95. The highest BCUT2D eigenvalue weighted by Gasteiger charge is 2.32. The third-order valence-corrected chi connectivity index (χ3v) is 4.13. The summed E-state index contributed by atoms with van der Waals surface area (Å²) < 4.78 is 0. The summed E-state index contributed by atoms with van der Waals surface area (Å²) in [6.07, 6.45) is 4.12. The van der Waals surface area contributed by atoms with Crippen LogP contribution in [-0.4, -0.2) is 23.3 Å². The van der Waals surface area contributed by atoms with Gasteiger partial charge in [-0.3, -0.25) is 19.7 Å². The van der Waals surface area contributed by atoms with Crippen molar-refractivity contribution in [1.29, 1.82) is 0 Å². The van der Waals surface area contributed by atoms with Crippen molar-refractivity contribution in [1.82, 2.24) is 5.32 Å². The van der Waals surface area contributed by atoms with Crippen molar-refractivity contribution in [3.63, 3.8) is 0 Å². The van der Waals surface area contributed by atoms with Crippen LogP contribution in [0.3, 0.4) is 0 Å². The van der Waals surface area contributed by atoms with Gasteiger partial charge in [0.1, 0.15) is 0 Å². The van der Waals surface area contributed by atoms with E-state index in [4.69, 9.17) is 5.73 Å². The maximum absolute atomic E-state index is 12.1. The van der Waals surface area contributed by atoms with Crippen molar-refractivity contribution in [2.24, 2.45) is 5.73 Å². The lowest BCUT2D eigenvalue weighted by Crippen LogP contribution is -2.40.